The van der Waals surface area contributed by atoms with Gasteiger partial charge in [0.25, 0.3) is 0 Å². The van der Waals surface area contributed by atoms with Gasteiger partial charge in [0.05, 0.1) is 18.2 Å². The van der Waals surface area contributed by atoms with E-state index in [0.29, 0.717) is 55.5 Å². The molecule has 0 unspecified atom stereocenters. The van der Waals surface area contributed by atoms with Crippen LogP contribution < -0.4 is 9.64 Å². The van der Waals surface area contributed by atoms with Crippen LogP contribution in [0.25, 0.3) is 11.3 Å². The third-order valence-electron chi connectivity index (χ3n) is 4.58. The SMILES string of the molecule is CCOc1ccc(-c2ccnc(N3CCC(C(=O)O)CC3)n2)cc1C(=O)O. The van der Waals surface area contributed by atoms with Crippen molar-refractivity contribution in [3.05, 3.63) is 36.0 Å². The van der Waals surface area contributed by atoms with Crippen molar-refractivity contribution in [3.8, 4) is 17.0 Å². The molecule has 27 heavy (non-hydrogen) atoms. The fraction of sp³-hybridized carbons (Fsp3) is 0.368. The van der Waals surface area contributed by atoms with Crippen LogP contribution in [0, 0.1) is 5.92 Å². The molecule has 1 saturated heterocycles. The minimum atomic E-state index is -1.06. The van der Waals surface area contributed by atoms with E-state index >= 15 is 0 Å². The molecule has 0 radical (unpaired) electrons. The Labute approximate surface area is 156 Å². The lowest BCUT2D eigenvalue weighted by molar-refractivity contribution is -0.142. The lowest BCUT2D eigenvalue weighted by Crippen LogP contribution is -2.37. The zero-order valence-corrected chi connectivity index (χ0v) is 15.0. The highest BCUT2D eigenvalue weighted by molar-refractivity contribution is 5.92. The Morgan fingerprint density at radius 1 is 1.22 bits per heavy atom. The number of hydrogen-bond acceptors (Lipinski definition) is 6. The Bertz CT molecular complexity index is 847. The monoisotopic (exact) mass is 371 g/mol. The highest BCUT2D eigenvalue weighted by Gasteiger charge is 2.25. The van der Waals surface area contributed by atoms with Crippen molar-refractivity contribution in [1.29, 1.82) is 0 Å². The summed E-state index contributed by atoms with van der Waals surface area (Å²) in [4.78, 5) is 33.4. The first kappa shape index (κ1) is 18.6. The van der Waals surface area contributed by atoms with Crippen LogP contribution in [-0.2, 0) is 4.79 Å². The van der Waals surface area contributed by atoms with E-state index in [-0.39, 0.29) is 11.5 Å². The molecule has 1 fully saturated rings. The zero-order valence-electron chi connectivity index (χ0n) is 15.0. The lowest BCUT2D eigenvalue weighted by atomic mass is 9.97. The van der Waals surface area contributed by atoms with Crippen molar-refractivity contribution in [2.45, 2.75) is 19.8 Å². The lowest BCUT2D eigenvalue weighted by Gasteiger charge is -2.30. The van der Waals surface area contributed by atoms with Gasteiger partial charge in [-0.05, 0) is 44.0 Å². The predicted molar refractivity (Wildman–Crippen MR) is 98.2 cm³/mol. The molecule has 1 aliphatic rings. The standard InChI is InChI=1S/C19H21N3O5/c1-2-27-16-4-3-13(11-14(16)18(25)26)15-5-8-20-19(21-15)22-9-6-12(7-10-22)17(23)24/h3-5,8,11-12H,2,6-7,9-10H2,1H3,(H,23,24)(H,25,26). The average molecular weight is 371 g/mol. The molecule has 2 aromatic rings. The van der Waals surface area contributed by atoms with Crippen LogP contribution >= 0.6 is 0 Å². The Hall–Kier alpha value is -3.16. The molecule has 0 aliphatic carbocycles. The van der Waals surface area contributed by atoms with E-state index in [1.807, 2.05) is 4.90 Å². The number of piperidine rings is 1. The van der Waals surface area contributed by atoms with Gasteiger partial charge in [-0.2, -0.15) is 0 Å². The van der Waals surface area contributed by atoms with Crippen LogP contribution in [-0.4, -0.2) is 51.8 Å². The first-order chi connectivity index (χ1) is 13.0. The van der Waals surface area contributed by atoms with Crippen LogP contribution in [0.5, 0.6) is 5.75 Å². The maximum Gasteiger partial charge on any atom is 0.339 e. The molecule has 0 bridgehead atoms. The molecule has 0 atom stereocenters. The molecule has 2 heterocycles. The number of carbonyl (C=O) groups is 2. The largest absolute Gasteiger partial charge is 0.493 e. The summed E-state index contributed by atoms with van der Waals surface area (Å²) in [5.74, 6) is -1.32. The number of aromatic carboxylic acids is 1. The Morgan fingerprint density at radius 2 is 1.96 bits per heavy atom. The molecular weight excluding hydrogens is 350 g/mol. The number of benzene rings is 1. The van der Waals surface area contributed by atoms with Crippen molar-refractivity contribution in [1.82, 2.24) is 9.97 Å². The summed E-state index contributed by atoms with van der Waals surface area (Å²) in [7, 11) is 0. The van der Waals surface area contributed by atoms with Gasteiger partial charge in [0.15, 0.2) is 0 Å². The molecular formula is C19H21N3O5. The number of nitrogens with zero attached hydrogens (tertiary/aromatic N) is 3. The van der Waals surface area contributed by atoms with E-state index in [4.69, 9.17) is 9.84 Å². The maximum atomic E-state index is 11.5. The quantitative estimate of drug-likeness (QED) is 0.796. The number of aromatic nitrogens is 2. The van der Waals surface area contributed by atoms with E-state index in [9.17, 15) is 14.7 Å². The second-order valence-electron chi connectivity index (χ2n) is 6.29. The Kier molecular flexibility index (Phi) is 5.54. The molecule has 1 aromatic heterocycles. The zero-order chi connectivity index (χ0) is 19.4. The maximum absolute atomic E-state index is 11.5. The molecule has 142 valence electrons. The van der Waals surface area contributed by atoms with Crippen LogP contribution in [0.4, 0.5) is 5.95 Å². The van der Waals surface area contributed by atoms with Crippen molar-refractivity contribution in [3.63, 3.8) is 0 Å². The van der Waals surface area contributed by atoms with Gasteiger partial charge < -0.3 is 19.8 Å². The average Bonchev–Trinajstić information content (AvgIpc) is 2.68. The van der Waals surface area contributed by atoms with Gasteiger partial charge in [-0.3, -0.25) is 4.79 Å². The predicted octanol–water partition coefficient (Wildman–Crippen LogP) is 2.54. The minimum absolute atomic E-state index is 0.0804. The van der Waals surface area contributed by atoms with Crippen molar-refractivity contribution >= 4 is 17.9 Å². The number of anilines is 1. The second kappa shape index (κ2) is 8.03. The van der Waals surface area contributed by atoms with Crippen molar-refractivity contribution < 1.29 is 24.5 Å². The molecule has 1 aromatic carbocycles. The van der Waals surface area contributed by atoms with Gasteiger partial charge in [0, 0.05) is 24.8 Å². The summed E-state index contributed by atoms with van der Waals surface area (Å²) < 4.78 is 5.37. The summed E-state index contributed by atoms with van der Waals surface area (Å²) in [6.45, 7) is 3.32. The van der Waals surface area contributed by atoms with E-state index < -0.39 is 11.9 Å². The molecule has 0 saturated carbocycles. The van der Waals surface area contributed by atoms with Crippen LogP contribution in [0.1, 0.15) is 30.1 Å². The van der Waals surface area contributed by atoms with Crippen LogP contribution in [0.2, 0.25) is 0 Å². The minimum Gasteiger partial charge on any atom is -0.493 e. The summed E-state index contributed by atoms with van der Waals surface area (Å²) in [5.41, 5.74) is 1.34. The van der Waals surface area contributed by atoms with E-state index in [2.05, 4.69) is 9.97 Å². The number of hydrogen-bond donors (Lipinski definition) is 2. The summed E-state index contributed by atoms with van der Waals surface area (Å²) in [5, 5.41) is 18.5. The van der Waals surface area contributed by atoms with Gasteiger partial charge >= 0.3 is 11.9 Å². The van der Waals surface area contributed by atoms with Crippen LogP contribution in [0.15, 0.2) is 30.5 Å². The first-order valence-corrected chi connectivity index (χ1v) is 8.81. The number of rotatable bonds is 6. The number of aliphatic carboxylic acids is 1. The van der Waals surface area contributed by atoms with Gasteiger partial charge in [-0.15, -0.1) is 0 Å². The van der Waals surface area contributed by atoms with E-state index in [1.54, 1.807) is 31.3 Å². The van der Waals surface area contributed by atoms with Gasteiger partial charge in [-0.25, -0.2) is 14.8 Å². The van der Waals surface area contributed by atoms with E-state index in [1.165, 1.54) is 6.07 Å². The van der Waals surface area contributed by atoms with Gasteiger partial charge in [0.1, 0.15) is 11.3 Å². The number of ether oxygens (including phenoxy) is 1. The second-order valence-corrected chi connectivity index (χ2v) is 6.29. The highest BCUT2D eigenvalue weighted by atomic mass is 16.5. The molecule has 8 nitrogen and oxygen atoms in total. The van der Waals surface area contributed by atoms with Gasteiger partial charge in [0.2, 0.25) is 5.95 Å². The van der Waals surface area contributed by atoms with Crippen molar-refractivity contribution in [2.75, 3.05) is 24.6 Å². The summed E-state index contributed by atoms with van der Waals surface area (Å²) >= 11 is 0. The smallest absolute Gasteiger partial charge is 0.339 e. The number of carboxylic acids is 2. The molecule has 8 heteroatoms. The summed E-state index contributed by atoms with van der Waals surface area (Å²) in [6, 6.07) is 6.65. The molecule has 3 rings (SSSR count). The van der Waals surface area contributed by atoms with Crippen LogP contribution in [0.3, 0.4) is 0 Å². The van der Waals surface area contributed by atoms with E-state index in [0.717, 1.165) is 0 Å². The molecule has 0 amide bonds. The Morgan fingerprint density at radius 3 is 2.59 bits per heavy atom. The highest BCUT2D eigenvalue weighted by Crippen LogP contribution is 2.27. The topological polar surface area (TPSA) is 113 Å². The third-order valence-corrected chi connectivity index (χ3v) is 4.58. The Balaban J connectivity index is 1.85. The molecule has 2 N–H and O–H groups in total. The molecule has 0 spiro atoms. The third kappa shape index (κ3) is 4.16. The van der Waals surface area contributed by atoms with Crippen molar-refractivity contribution in [2.24, 2.45) is 5.92 Å². The fourth-order valence-corrected chi connectivity index (χ4v) is 3.13. The number of carboxylic acid groups (broad SMARTS) is 2. The molecule has 1 aliphatic heterocycles. The first-order valence-electron chi connectivity index (χ1n) is 8.81. The van der Waals surface area contributed by atoms with Gasteiger partial charge in [-0.1, -0.05) is 0 Å². The fourth-order valence-electron chi connectivity index (χ4n) is 3.13. The normalized spacial score (nSPS) is 14.8. The summed E-state index contributed by atoms with van der Waals surface area (Å²) in [6.07, 6.45) is 2.72.